The van der Waals surface area contributed by atoms with Crippen LogP contribution in [-0.2, 0) is 5.60 Å². The highest BCUT2D eigenvalue weighted by Crippen LogP contribution is 2.34. The highest BCUT2D eigenvalue weighted by molar-refractivity contribution is 5.61. The molecule has 3 rings (SSSR count). The van der Waals surface area contributed by atoms with Gasteiger partial charge in [0.15, 0.2) is 5.60 Å². The molecular formula is C25H29N5O3. The lowest BCUT2D eigenvalue weighted by Gasteiger charge is -2.31. The normalized spacial score (nSPS) is 13.9. The van der Waals surface area contributed by atoms with Gasteiger partial charge in [-0.25, -0.2) is 5.84 Å². The number of hydrogen-bond acceptors (Lipinski definition) is 8. The Morgan fingerprint density at radius 2 is 1.48 bits per heavy atom. The fourth-order valence-electron chi connectivity index (χ4n) is 3.36. The van der Waals surface area contributed by atoms with Crippen molar-refractivity contribution in [2.24, 2.45) is 17.3 Å². The van der Waals surface area contributed by atoms with E-state index < -0.39 is 5.60 Å². The average Bonchev–Trinajstić information content (AvgIpc) is 2.80. The number of benzene rings is 3. The predicted molar refractivity (Wildman–Crippen MR) is 131 cm³/mol. The molecule has 8 heteroatoms. The summed E-state index contributed by atoms with van der Waals surface area (Å²) in [5.74, 6) is 6.12. The zero-order valence-electron chi connectivity index (χ0n) is 18.5. The molecule has 0 amide bonds. The van der Waals surface area contributed by atoms with Crippen LogP contribution in [0.4, 0.5) is 11.4 Å². The molecular weight excluding hydrogens is 418 g/mol. The Hall–Kier alpha value is -4.14. The summed E-state index contributed by atoms with van der Waals surface area (Å²) in [6, 6.07) is 18.6. The monoisotopic (exact) mass is 447 g/mol. The molecule has 0 spiro atoms. The number of nitrogens with two attached hydrogens (primary N) is 3. The second-order valence-electron chi connectivity index (χ2n) is 7.82. The smallest absolute Gasteiger partial charge is 0.171 e. The van der Waals surface area contributed by atoms with Crippen molar-refractivity contribution in [2.75, 3.05) is 10.3 Å². The highest BCUT2D eigenvalue weighted by atomic mass is 16.3. The summed E-state index contributed by atoms with van der Waals surface area (Å²) in [5.41, 5.74) is 13.5. The van der Waals surface area contributed by atoms with Crippen LogP contribution in [0.15, 0.2) is 90.5 Å². The Balaban J connectivity index is 2.04. The predicted octanol–water partition coefficient (Wildman–Crippen LogP) is 2.99. The first-order valence-electron chi connectivity index (χ1n) is 10.2. The minimum Gasteiger partial charge on any atom is -0.506 e. The standard InChI is InChI=1S/C25H29N5O3/c1-16-8-10-21(31)19(12-16)29-14-23(26)25(33,18-6-4-3-5-7-18)24(27)15-30(28)20-13-17(2)9-11-22(20)32/h3-15,29,31-33H,26-28H2,1-2H3/b23-14-,24-15-. The molecule has 1 atom stereocenters. The number of anilines is 2. The summed E-state index contributed by atoms with van der Waals surface area (Å²) in [6.07, 6.45) is 2.67. The van der Waals surface area contributed by atoms with Crippen molar-refractivity contribution in [3.63, 3.8) is 0 Å². The lowest BCUT2D eigenvalue weighted by atomic mass is 9.88. The molecule has 0 saturated heterocycles. The van der Waals surface area contributed by atoms with Crippen LogP contribution >= 0.6 is 0 Å². The zero-order chi connectivity index (χ0) is 24.2. The fraction of sp³-hybridized carbons (Fsp3) is 0.120. The van der Waals surface area contributed by atoms with E-state index in [-0.39, 0.29) is 22.9 Å². The van der Waals surface area contributed by atoms with E-state index in [1.165, 1.54) is 18.5 Å². The molecule has 0 aromatic heterocycles. The van der Waals surface area contributed by atoms with E-state index in [0.717, 1.165) is 16.1 Å². The molecule has 0 saturated carbocycles. The first-order chi connectivity index (χ1) is 15.6. The van der Waals surface area contributed by atoms with Crippen molar-refractivity contribution < 1.29 is 15.3 Å². The van der Waals surface area contributed by atoms with E-state index in [9.17, 15) is 15.3 Å². The van der Waals surface area contributed by atoms with Crippen molar-refractivity contribution >= 4 is 11.4 Å². The Morgan fingerprint density at radius 1 is 0.879 bits per heavy atom. The van der Waals surface area contributed by atoms with Gasteiger partial charge >= 0.3 is 0 Å². The fourth-order valence-corrected chi connectivity index (χ4v) is 3.36. The summed E-state index contributed by atoms with van der Waals surface area (Å²) < 4.78 is 0. The lowest BCUT2D eigenvalue weighted by Crippen LogP contribution is -2.40. The van der Waals surface area contributed by atoms with Gasteiger partial charge in [0.1, 0.15) is 11.5 Å². The number of rotatable bonds is 7. The maximum atomic E-state index is 11.7. The van der Waals surface area contributed by atoms with E-state index in [1.54, 1.807) is 60.7 Å². The minimum atomic E-state index is -1.94. The van der Waals surface area contributed by atoms with Gasteiger partial charge in [0.25, 0.3) is 0 Å². The Morgan fingerprint density at radius 3 is 2.15 bits per heavy atom. The van der Waals surface area contributed by atoms with Crippen molar-refractivity contribution in [2.45, 2.75) is 19.4 Å². The van der Waals surface area contributed by atoms with Crippen LogP contribution in [0.1, 0.15) is 16.7 Å². The first-order valence-corrected chi connectivity index (χ1v) is 10.2. The molecule has 33 heavy (non-hydrogen) atoms. The number of hydrazine groups is 1. The van der Waals surface area contributed by atoms with Crippen LogP contribution in [-0.4, -0.2) is 15.3 Å². The van der Waals surface area contributed by atoms with Crippen LogP contribution in [0.5, 0.6) is 11.5 Å². The number of hydrogen-bond donors (Lipinski definition) is 7. The van der Waals surface area contributed by atoms with Gasteiger partial charge < -0.3 is 32.1 Å². The van der Waals surface area contributed by atoms with Crippen molar-refractivity contribution in [1.82, 2.24) is 0 Å². The number of aryl methyl sites for hydroxylation is 2. The number of aromatic hydroxyl groups is 2. The summed E-state index contributed by atoms with van der Waals surface area (Å²) in [4.78, 5) is 0. The molecule has 0 aliphatic heterocycles. The van der Waals surface area contributed by atoms with E-state index in [4.69, 9.17) is 17.3 Å². The molecule has 0 fully saturated rings. The van der Waals surface area contributed by atoms with Gasteiger partial charge in [-0.3, -0.25) is 5.01 Å². The van der Waals surface area contributed by atoms with E-state index in [2.05, 4.69) is 5.32 Å². The molecule has 3 aromatic rings. The largest absolute Gasteiger partial charge is 0.506 e. The quantitative estimate of drug-likeness (QED) is 0.166. The maximum Gasteiger partial charge on any atom is 0.171 e. The average molecular weight is 448 g/mol. The molecule has 8 nitrogen and oxygen atoms in total. The topological polar surface area (TPSA) is 154 Å². The Labute approximate surface area is 192 Å². The third kappa shape index (κ3) is 5.03. The molecule has 0 bridgehead atoms. The molecule has 3 aromatic carbocycles. The summed E-state index contributed by atoms with van der Waals surface area (Å²) in [5, 5.41) is 36.0. The third-order valence-electron chi connectivity index (χ3n) is 5.25. The zero-order valence-corrected chi connectivity index (χ0v) is 18.5. The molecule has 1 unspecified atom stereocenters. The first kappa shape index (κ1) is 23.5. The minimum absolute atomic E-state index is 0.0273. The number of nitrogens with zero attached hydrogens (tertiary/aromatic N) is 1. The second kappa shape index (κ2) is 9.56. The molecule has 0 heterocycles. The maximum absolute atomic E-state index is 11.7. The Bertz CT molecular complexity index is 1190. The van der Waals surface area contributed by atoms with Crippen LogP contribution in [0, 0.1) is 13.8 Å². The number of phenols is 2. The van der Waals surface area contributed by atoms with Gasteiger partial charge in [-0.05, 0) is 54.8 Å². The van der Waals surface area contributed by atoms with E-state index in [0.29, 0.717) is 16.9 Å². The van der Waals surface area contributed by atoms with Gasteiger partial charge in [-0.2, -0.15) is 0 Å². The summed E-state index contributed by atoms with van der Waals surface area (Å²) >= 11 is 0. The van der Waals surface area contributed by atoms with Crippen molar-refractivity contribution in [3.05, 3.63) is 107 Å². The third-order valence-corrected chi connectivity index (χ3v) is 5.25. The molecule has 0 aliphatic rings. The van der Waals surface area contributed by atoms with Gasteiger partial charge in [-0.15, -0.1) is 0 Å². The number of nitrogens with one attached hydrogen (secondary N) is 1. The SMILES string of the molecule is Cc1ccc(O)c(N/C=C(\N)C(O)(/C(N)=C/N(N)c2cc(C)ccc2O)c2ccccc2)c1. The molecule has 10 N–H and O–H groups in total. The van der Waals surface area contributed by atoms with Crippen molar-refractivity contribution in [1.29, 1.82) is 0 Å². The van der Waals surface area contributed by atoms with Gasteiger partial charge in [0.05, 0.1) is 22.8 Å². The number of aliphatic hydroxyl groups is 1. The number of phenolic OH excluding ortho intramolecular Hbond substituents is 2. The van der Waals surface area contributed by atoms with Gasteiger partial charge in [0, 0.05) is 12.4 Å². The van der Waals surface area contributed by atoms with Crippen molar-refractivity contribution in [3.8, 4) is 11.5 Å². The van der Waals surface area contributed by atoms with Crippen LogP contribution in [0.2, 0.25) is 0 Å². The van der Waals surface area contributed by atoms with Crippen LogP contribution < -0.4 is 27.6 Å². The summed E-state index contributed by atoms with van der Waals surface area (Å²) in [7, 11) is 0. The lowest BCUT2D eigenvalue weighted by molar-refractivity contribution is 0.112. The van der Waals surface area contributed by atoms with Crippen LogP contribution in [0.25, 0.3) is 0 Å². The summed E-state index contributed by atoms with van der Waals surface area (Å²) in [6.45, 7) is 3.74. The van der Waals surface area contributed by atoms with E-state index >= 15 is 0 Å². The Kier molecular flexibility index (Phi) is 6.81. The van der Waals surface area contributed by atoms with E-state index in [1.807, 2.05) is 13.8 Å². The van der Waals surface area contributed by atoms with Crippen LogP contribution in [0.3, 0.4) is 0 Å². The molecule has 0 radical (unpaired) electrons. The second-order valence-corrected chi connectivity index (χ2v) is 7.82. The van der Waals surface area contributed by atoms with Gasteiger partial charge in [0.2, 0.25) is 0 Å². The molecule has 0 aliphatic carbocycles. The molecule has 172 valence electrons. The highest BCUT2D eigenvalue weighted by Gasteiger charge is 2.36. The van der Waals surface area contributed by atoms with Gasteiger partial charge in [-0.1, -0.05) is 42.5 Å².